The van der Waals surface area contributed by atoms with Gasteiger partial charge in [-0.15, -0.1) is 12.4 Å². The van der Waals surface area contributed by atoms with Gasteiger partial charge in [0.25, 0.3) is 0 Å². The number of hydrogen-bond donors (Lipinski definition) is 1. The number of ether oxygens (including phenoxy) is 1. The highest BCUT2D eigenvalue weighted by atomic mass is 35.5. The van der Waals surface area contributed by atoms with Crippen molar-refractivity contribution in [2.24, 2.45) is 11.7 Å². The summed E-state index contributed by atoms with van der Waals surface area (Å²) in [5, 5.41) is 0. The number of benzene rings is 1. The molecule has 0 saturated heterocycles. The molecule has 0 fully saturated rings. The van der Waals surface area contributed by atoms with Gasteiger partial charge in [0.05, 0.1) is 12.6 Å². The molecule has 0 aliphatic carbocycles. The molecule has 1 rings (SSSR count). The summed E-state index contributed by atoms with van der Waals surface area (Å²) >= 11 is 0. The fourth-order valence-electron chi connectivity index (χ4n) is 1.87. The van der Waals surface area contributed by atoms with E-state index >= 15 is 0 Å². The van der Waals surface area contributed by atoms with Crippen molar-refractivity contribution in [1.29, 1.82) is 0 Å². The monoisotopic (exact) mass is 314 g/mol. The number of likely N-dealkylation sites (N-methyl/N-ethyl adjacent to an activating group) is 1. The maximum Gasteiger partial charge on any atom is 0.239 e. The number of halogens is 1. The Kier molecular flexibility index (Phi) is 9.84. The number of para-hydroxylation sites is 1. The number of carbonyl (C=O) groups is 1. The van der Waals surface area contributed by atoms with Gasteiger partial charge in [-0.1, -0.05) is 38.5 Å². The predicted octanol–water partition coefficient (Wildman–Crippen LogP) is 2.71. The second kappa shape index (κ2) is 10.5. The Hall–Kier alpha value is -1.26. The van der Waals surface area contributed by atoms with Crippen LogP contribution in [0.2, 0.25) is 0 Å². The van der Waals surface area contributed by atoms with Crippen molar-refractivity contribution in [2.45, 2.75) is 32.7 Å². The van der Waals surface area contributed by atoms with Crippen LogP contribution in [0.5, 0.6) is 5.75 Å². The highest BCUT2D eigenvalue weighted by molar-refractivity contribution is 5.85. The molecule has 2 atom stereocenters. The Labute approximate surface area is 134 Å². The molecule has 2 N–H and O–H groups in total. The average molecular weight is 315 g/mol. The molecule has 4 nitrogen and oxygen atoms in total. The fourth-order valence-corrected chi connectivity index (χ4v) is 1.87. The van der Waals surface area contributed by atoms with Gasteiger partial charge < -0.3 is 15.4 Å². The van der Waals surface area contributed by atoms with E-state index in [2.05, 4.69) is 0 Å². The zero-order valence-corrected chi connectivity index (χ0v) is 13.9. The van der Waals surface area contributed by atoms with Gasteiger partial charge in [-0.3, -0.25) is 4.79 Å². The topological polar surface area (TPSA) is 55.6 Å². The normalized spacial score (nSPS) is 13.0. The van der Waals surface area contributed by atoms with E-state index in [4.69, 9.17) is 10.5 Å². The third-order valence-corrected chi connectivity index (χ3v) is 3.57. The number of amides is 1. The minimum atomic E-state index is -0.403. The minimum absolute atomic E-state index is 0. The number of carbonyl (C=O) groups excluding carboxylic acids is 1. The maximum atomic E-state index is 12.1. The second-order valence-electron chi connectivity index (χ2n) is 5.19. The number of hydrogen-bond acceptors (Lipinski definition) is 3. The molecule has 0 bridgehead atoms. The van der Waals surface area contributed by atoms with Crippen LogP contribution >= 0.6 is 12.4 Å². The van der Waals surface area contributed by atoms with Gasteiger partial charge in [-0.25, -0.2) is 0 Å². The molecule has 0 saturated carbocycles. The van der Waals surface area contributed by atoms with Crippen LogP contribution in [0.1, 0.15) is 26.7 Å². The van der Waals surface area contributed by atoms with E-state index in [9.17, 15) is 4.79 Å². The number of nitrogens with zero attached hydrogens (tertiary/aromatic N) is 1. The molecule has 0 aliphatic heterocycles. The van der Waals surface area contributed by atoms with Crippen molar-refractivity contribution < 1.29 is 9.53 Å². The summed E-state index contributed by atoms with van der Waals surface area (Å²) in [6.07, 6.45) is 1.71. The van der Waals surface area contributed by atoms with E-state index in [1.807, 2.05) is 44.2 Å². The molecule has 1 amide bonds. The molecule has 2 unspecified atom stereocenters. The summed E-state index contributed by atoms with van der Waals surface area (Å²) in [4.78, 5) is 13.8. The van der Waals surface area contributed by atoms with Crippen molar-refractivity contribution in [1.82, 2.24) is 4.90 Å². The summed E-state index contributed by atoms with van der Waals surface area (Å²) in [6.45, 7) is 5.32. The molecule has 5 heteroatoms. The van der Waals surface area contributed by atoms with E-state index in [1.165, 1.54) is 0 Å². The highest BCUT2D eigenvalue weighted by Crippen LogP contribution is 2.10. The number of nitrogens with two attached hydrogens (primary N) is 1. The first-order valence-electron chi connectivity index (χ1n) is 7.24. The standard InChI is InChI=1S/C16H26N2O2.ClH/c1-4-13(2)15(17)16(19)18(3)11-8-12-20-14-9-6-5-7-10-14;/h5-7,9-10,13,15H,4,8,11-12,17H2,1-3H3;1H. The van der Waals surface area contributed by atoms with Crippen LogP contribution in [0.15, 0.2) is 30.3 Å². The smallest absolute Gasteiger partial charge is 0.239 e. The lowest BCUT2D eigenvalue weighted by molar-refractivity contribution is -0.132. The molecule has 1 aromatic carbocycles. The van der Waals surface area contributed by atoms with Gasteiger partial charge in [-0.2, -0.15) is 0 Å². The average Bonchev–Trinajstić information content (AvgIpc) is 2.50. The van der Waals surface area contributed by atoms with Gasteiger partial charge in [0, 0.05) is 13.6 Å². The summed E-state index contributed by atoms with van der Waals surface area (Å²) in [7, 11) is 1.80. The van der Waals surface area contributed by atoms with Gasteiger partial charge in [0.1, 0.15) is 5.75 Å². The van der Waals surface area contributed by atoms with Gasteiger partial charge in [-0.05, 0) is 24.5 Å². The summed E-state index contributed by atoms with van der Waals surface area (Å²) in [5.41, 5.74) is 5.95. The summed E-state index contributed by atoms with van der Waals surface area (Å²) in [6, 6.07) is 9.28. The molecule has 0 heterocycles. The van der Waals surface area contributed by atoms with Crippen LogP contribution in [0, 0.1) is 5.92 Å². The van der Waals surface area contributed by atoms with Crippen LogP contribution in [-0.4, -0.2) is 37.0 Å². The van der Waals surface area contributed by atoms with Crippen molar-refractivity contribution in [2.75, 3.05) is 20.2 Å². The van der Waals surface area contributed by atoms with E-state index in [-0.39, 0.29) is 24.2 Å². The largest absolute Gasteiger partial charge is 0.494 e. The molecular formula is C16H27ClN2O2. The Bertz CT molecular complexity index is 401. The minimum Gasteiger partial charge on any atom is -0.494 e. The zero-order chi connectivity index (χ0) is 15.0. The van der Waals surface area contributed by atoms with Crippen LogP contribution in [0.3, 0.4) is 0 Å². The van der Waals surface area contributed by atoms with Crippen molar-refractivity contribution >= 4 is 18.3 Å². The molecule has 0 radical (unpaired) electrons. The summed E-state index contributed by atoms with van der Waals surface area (Å²) < 4.78 is 5.60. The SMILES string of the molecule is CCC(C)C(N)C(=O)N(C)CCCOc1ccccc1.Cl. The lowest BCUT2D eigenvalue weighted by Crippen LogP contribution is -2.45. The second-order valence-corrected chi connectivity index (χ2v) is 5.19. The first kappa shape index (κ1) is 19.7. The third kappa shape index (κ3) is 6.82. The van der Waals surface area contributed by atoms with Crippen molar-refractivity contribution in [3.8, 4) is 5.75 Å². The molecule has 0 aromatic heterocycles. The molecular weight excluding hydrogens is 288 g/mol. The van der Waals surface area contributed by atoms with Crippen LogP contribution in [0.25, 0.3) is 0 Å². The van der Waals surface area contributed by atoms with Crippen molar-refractivity contribution in [3.05, 3.63) is 30.3 Å². The van der Waals surface area contributed by atoms with Crippen LogP contribution < -0.4 is 10.5 Å². The third-order valence-electron chi connectivity index (χ3n) is 3.57. The van der Waals surface area contributed by atoms with E-state index in [0.29, 0.717) is 13.2 Å². The first-order valence-corrected chi connectivity index (χ1v) is 7.24. The lowest BCUT2D eigenvalue weighted by Gasteiger charge is -2.24. The Balaban J connectivity index is 0.00000400. The lowest BCUT2D eigenvalue weighted by atomic mass is 9.99. The predicted molar refractivity (Wildman–Crippen MR) is 88.9 cm³/mol. The summed E-state index contributed by atoms with van der Waals surface area (Å²) in [5.74, 6) is 1.09. The van der Waals surface area contributed by atoms with E-state index in [1.54, 1.807) is 11.9 Å². The zero-order valence-electron chi connectivity index (χ0n) is 13.1. The van der Waals surface area contributed by atoms with Crippen LogP contribution in [-0.2, 0) is 4.79 Å². The first-order chi connectivity index (χ1) is 9.56. The van der Waals surface area contributed by atoms with Gasteiger partial charge in [0.2, 0.25) is 5.91 Å². The molecule has 120 valence electrons. The maximum absolute atomic E-state index is 12.1. The fraction of sp³-hybridized carbons (Fsp3) is 0.562. The van der Waals surface area contributed by atoms with Crippen LogP contribution in [0.4, 0.5) is 0 Å². The molecule has 0 spiro atoms. The Morgan fingerprint density at radius 2 is 1.95 bits per heavy atom. The molecule has 0 aliphatic rings. The Morgan fingerprint density at radius 3 is 2.52 bits per heavy atom. The number of rotatable bonds is 8. The van der Waals surface area contributed by atoms with Crippen molar-refractivity contribution in [3.63, 3.8) is 0 Å². The highest BCUT2D eigenvalue weighted by Gasteiger charge is 2.22. The van der Waals surface area contributed by atoms with Gasteiger partial charge in [0.15, 0.2) is 0 Å². The molecule has 1 aromatic rings. The van der Waals surface area contributed by atoms with Gasteiger partial charge >= 0.3 is 0 Å². The van der Waals surface area contributed by atoms with E-state index < -0.39 is 6.04 Å². The Morgan fingerprint density at radius 1 is 1.33 bits per heavy atom. The molecule has 21 heavy (non-hydrogen) atoms. The quantitative estimate of drug-likeness (QED) is 0.751. The van der Waals surface area contributed by atoms with E-state index in [0.717, 1.165) is 18.6 Å².